The summed E-state index contributed by atoms with van der Waals surface area (Å²) in [5.41, 5.74) is 9.08. The van der Waals surface area contributed by atoms with E-state index in [2.05, 4.69) is 23.2 Å². The number of hydrogen-bond acceptors (Lipinski definition) is 4. The van der Waals surface area contributed by atoms with Crippen LogP contribution < -0.4 is 11.1 Å². The summed E-state index contributed by atoms with van der Waals surface area (Å²) < 4.78 is 5.33. The smallest absolute Gasteiger partial charge is 0.0603 e. The van der Waals surface area contributed by atoms with Crippen molar-refractivity contribution in [3.63, 3.8) is 0 Å². The van der Waals surface area contributed by atoms with Crippen molar-refractivity contribution in [1.82, 2.24) is 4.90 Å². The van der Waals surface area contributed by atoms with Crippen LogP contribution in [0.15, 0.2) is 18.2 Å². The Morgan fingerprint density at radius 3 is 2.83 bits per heavy atom. The van der Waals surface area contributed by atoms with Gasteiger partial charge in [-0.15, -0.1) is 0 Å². The molecular weight excluding hydrogens is 226 g/mol. The van der Waals surface area contributed by atoms with Crippen LogP contribution in [0.5, 0.6) is 0 Å². The van der Waals surface area contributed by atoms with E-state index in [0.717, 1.165) is 57.2 Å². The highest BCUT2D eigenvalue weighted by Crippen LogP contribution is 2.22. The Bertz CT molecular complexity index is 355. The van der Waals surface area contributed by atoms with E-state index in [1.165, 1.54) is 5.56 Å². The second-order valence-electron chi connectivity index (χ2n) is 4.77. The molecule has 4 heteroatoms. The van der Waals surface area contributed by atoms with Crippen molar-refractivity contribution in [1.29, 1.82) is 0 Å². The van der Waals surface area contributed by atoms with Crippen LogP contribution in [0.25, 0.3) is 0 Å². The van der Waals surface area contributed by atoms with E-state index in [1.54, 1.807) is 0 Å². The summed E-state index contributed by atoms with van der Waals surface area (Å²) in [6.07, 6.45) is 1.13. The number of nitrogens with two attached hydrogens (primary N) is 1. The molecule has 1 fully saturated rings. The van der Waals surface area contributed by atoms with Gasteiger partial charge in [-0.25, -0.2) is 0 Å². The number of nitrogen functional groups attached to an aromatic ring is 1. The van der Waals surface area contributed by atoms with Crippen LogP contribution in [-0.2, 0) is 4.74 Å². The van der Waals surface area contributed by atoms with Crippen LogP contribution in [0.3, 0.4) is 0 Å². The molecule has 0 amide bonds. The van der Waals surface area contributed by atoms with Crippen LogP contribution in [0.1, 0.15) is 12.0 Å². The molecular formula is C14H23N3O. The predicted molar refractivity (Wildman–Crippen MR) is 76.0 cm³/mol. The first-order valence-electron chi connectivity index (χ1n) is 6.66. The predicted octanol–water partition coefficient (Wildman–Crippen LogP) is 1.71. The maximum absolute atomic E-state index is 5.96. The minimum atomic E-state index is 0.835. The first kappa shape index (κ1) is 13.2. The molecule has 0 unspecified atom stereocenters. The monoisotopic (exact) mass is 249 g/mol. The van der Waals surface area contributed by atoms with Crippen molar-refractivity contribution in [3.05, 3.63) is 23.8 Å². The Labute approximate surface area is 109 Å². The van der Waals surface area contributed by atoms with Crippen LogP contribution >= 0.6 is 0 Å². The van der Waals surface area contributed by atoms with Crippen molar-refractivity contribution in [2.24, 2.45) is 0 Å². The number of para-hydroxylation sites is 1. The van der Waals surface area contributed by atoms with Gasteiger partial charge in [0.05, 0.1) is 24.6 Å². The van der Waals surface area contributed by atoms with Crippen molar-refractivity contribution >= 4 is 11.4 Å². The fraction of sp³-hybridized carbons (Fsp3) is 0.571. The zero-order valence-electron chi connectivity index (χ0n) is 11.1. The van der Waals surface area contributed by atoms with Gasteiger partial charge >= 0.3 is 0 Å². The molecule has 0 atom stereocenters. The van der Waals surface area contributed by atoms with Gasteiger partial charge < -0.3 is 15.8 Å². The van der Waals surface area contributed by atoms with Crippen molar-refractivity contribution in [3.8, 4) is 0 Å². The third kappa shape index (κ3) is 3.62. The maximum atomic E-state index is 5.96. The number of morpholine rings is 1. The Balaban J connectivity index is 1.71. The average molecular weight is 249 g/mol. The van der Waals surface area contributed by atoms with Gasteiger partial charge in [-0.3, -0.25) is 4.90 Å². The molecule has 1 aliphatic heterocycles. The summed E-state index contributed by atoms with van der Waals surface area (Å²) in [4.78, 5) is 2.45. The molecule has 0 saturated carbocycles. The van der Waals surface area contributed by atoms with E-state index in [-0.39, 0.29) is 0 Å². The summed E-state index contributed by atoms with van der Waals surface area (Å²) in [6.45, 7) is 8.05. The number of aryl methyl sites for hydroxylation is 1. The molecule has 1 heterocycles. The minimum Gasteiger partial charge on any atom is -0.397 e. The highest BCUT2D eigenvalue weighted by molar-refractivity contribution is 5.69. The molecule has 1 aliphatic rings. The van der Waals surface area contributed by atoms with Gasteiger partial charge in [-0.05, 0) is 31.5 Å². The standard InChI is InChI=1S/C14H23N3O/c1-12-4-2-5-13(15)14(12)16-6-3-7-17-8-10-18-11-9-17/h2,4-5,16H,3,6-11,15H2,1H3. The number of nitrogens with zero attached hydrogens (tertiary/aromatic N) is 1. The Morgan fingerprint density at radius 1 is 1.33 bits per heavy atom. The quantitative estimate of drug-likeness (QED) is 0.616. The Morgan fingerprint density at radius 2 is 2.11 bits per heavy atom. The van der Waals surface area contributed by atoms with Gasteiger partial charge in [0, 0.05) is 19.6 Å². The molecule has 4 nitrogen and oxygen atoms in total. The summed E-state index contributed by atoms with van der Waals surface area (Å²) in [6, 6.07) is 6.02. The first-order valence-corrected chi connectivity index (χ1v) is 6.66. The Hall–Kier alpha value is -1.26. The van der Waals surface area contributed by atoms with Gasteiger partial charge in [-0.2, -0.15) is 0 Å². The van der Waals surface area contributed by atoms with Crippen molar-refractivity contribution in [2.45, 2.75) is 13.3 Å². The molecule has 2 rings (SSSR count). The number of anilines is 2. The second kappa shape index (κ2) is 6.61. The van der Waals surface area contributed by atoms with Crippen molar-refractivity contribution < 1.29 is 4.74 Å². The lowest BCUT2D eigenvalue weighted by molar-refractivity contribution is 0.0378. The van der Waals surface area contributed by atoms with Crippen LogP contribution in [0.2, 0.25) is 0 Å². The lowest BCUT2D eigenvalue weighted by atomic mass is 10.1. The van der Waals surface area contributed by atoms with E-state index in [0.29, 0.717) is 0 Å². The average Bonchev–Trinajstić information content (AvgIpc) is 2.38. The molecule has 100 valence electrons. The van der Waals surface area contributed by atoms with Crippen LogP contribution in [-0.4, -0.2) is 44.3 Å². The van der Waals surface area contributed by atoms with Crippen LogP contribution in [0.4, 0.5) is 11.4 Å². The molecule has 0 radical (unpaired) electrons. The minimum absolute atomic E-state index is 0.835. The highest BCUT2D eigenvalue weighted by atomic mass is 16.5. The van der Waals surface area contributed by atoms with Crippen LogP contribution in [0, 0.1) is 6.92 Å². The molecule has 0 spiro atoms. The first-order chi connectivity index (χ1) is 8.77. The third-order valence-corrected chi connectivity index (χ3v) is 3.36. The van der Waals surface area contributed by atoms with E-state index >= 15 is 0 Å². The molecule has 0 bridgehead atoms. The van der Waals surface area contributed by atoms with Gasteiger partial charge in [0.1, 0.15) is 0 Å². The van der Waals surface area contributed by atoms with E-state index in [1.807, 2.05) is 12.1 Å². The number of benzene rings is 1. The summed E-state index contributed by atoms with van der Waals surface area (Å²) in [5, 5.41) is 3.44. The van der Waals surface area contributed by atoms with E-state index in [4.69, 9.17) is 10.5 Å². The molecule has 0 aliphatic carbocycles. The molecule has 18 heavy (non-hydrogen) atoms. The van der Waals surface area contributed by atoms with Gasteiger partial charge in [0.2, 0.25) is 0 Å². The third-order valence-electron chi connectivity index (χ3n) is 3.36. The number of nitrogens with one attached hydrogen (secondary N) is 1. The number of ether oxygens (including phenoxy) is 1. The molecule has 1 saturated heterocycles. The molecule has 3 N–H and O–H groups in total. The maximum Gasteiger partial charge on any atom is 0.0603 e. The second-order valence-corrected chi connectivity index (χ2v) is 4.77. The van der Waals surface area contributed by atoms with Crippen molar-refractivity contribution in [2.75, 3.05) is 50.4 Å². The molecule has 1 aromatic carbocycles. The zero-order chi connectivity index (χ0) is 12.8. The topological polar surface area (TPSA) is 50.5 Å². The van der Waals surface area contributed by atoms with Gasteiger partial charge in [0.15, 0.2) is 0 Å². The lowest BCUT2D eigenvalue weighted by Crippen LogP contribution is -2.37. The summed E-state index contributed by atoms with van der Waals surface area (Å²) in [7, 11) is 0. The van der Waals surface area contributed by atoms with Gasteiger partial charge in [0.25, 0.3) is 0 Å². The van der Waals surface area contributed by atoms with E-state index < -0.39 is 0 Å². The van der Waals surface area contributed by atoms with E-state index in [9.17, 15) is 0 Å². The number of hydrogen-bond donors (Lipinski definition) is 2. The van der Waals surface area contributed by atoms with Gasteiger partial charge in [-0.1, -0.05) is 12.1 Å². The zero-order valence-corrected chi connectivity index (χ0v) is 11.1. The molecule has 1 aromatic rings. The Kier molecular flexibility index (Phi) is 4.84. The SMILES string of the molecule is Cc1cccc(N)c1NCCCN1CCOCC1. The lowest BCUT2D eigenvalue weighted by Gasteiger charge is -2.26. The normalized spacial score (nSPS) is 16.7. The summed E-state index contributed by atoms with van der Waals surface area (Å²) in [5.74, 6) is 0. The fourth-order valence-electron chi connectivity index (χ4n) is 2.27. The summed E-state index contributed by atoms with van der Waals surface area (Å²) >= 11 is 0. The fourth-order valence-corrected chi connectivity index (χ4v) is 2.27. The highest BCUT2D eigenvalue weighted by Gasteiger charge is 2.09. The largest absolute Gasteiger partial charge is 0.397 e. The molecule has 0 aromatic heterocycles. The number of rotatable bonds is 5.